The number of hydrogen-bond donors (Lipinski definition) is 3. The third kappa shape index (κ3) is 4.53. The van der Waals surface area contributed by atoms with E-state index in [2.05, 4.69) is 30.5 Å². The lowest BCUT2D eigenvalue weighted by Crippen LogP contribution is -2.44. The van der Waals surface area contributed by atoms with Crippen LogP contribution in [-0.2, 0) is 0 Å². The van der Waals surface area contributed by atoms with Crippen molar-refractivity contribution in [3.8, 4) is 34.7 Å². The number of hydrogen-bond acceptors (Lipinski definition) is 9. The normalized spacial score (nSPS) is 16.4. The Kier molecular flexibility index (Phi) is 6.42. The Hall–Kier alpha value is -5.13. The summed E-state index contributed by atoms with van der Waals surface area (Å²) in [7, 11) is 0. The van der Waals surface area contributed by atoms with Crippen LogP contribution in [0.3, 0.4) is 0 Å². The molecule has 1 aliphatic rings. The average Bonchev–Trinajstić information content (AvgIpc) is 3.35. The number of pyridine rings is 1. The van der Waals surface area contributed by atoms with E-state index in [-0.39, 0.29) is 34.5 Å². The highest BCUT2D eigenvalue weighted by atomic mass is 19.1. The molecule has 1 aliphatic carbocycles. The van der Waals surface area contributed by atoms with E-state index in [1.165, 1.54) is 6.07 Å². The molecule has 6 rings (SSSR count). The number of halogens is 1. The minimum absolute atomic E-state index is 0.0952. The summed E-state index contributed by atoms with van der Waals surface area (Å²) >= 11 is 0. The minimum Gasteiger partial charge on any atom is -0.492 e. The lowest BCUT2D eigenvalue weighted by Gasteiger charge is -2.35. The van der Waals surface area contributed by atoms with Crippen molar-refractivity contribution in [2.75, 3.05) is 6.61 Å². The Bertz CT molecular complexity index is 1720. The van der Waals surface area contributed by atoms with E-state index in [1.807, 2.05) is 6.92 Å². The smallest absolute Gasteiger partial charge is 0.276 e. The number of rotatable bonds is 7. The van der Waals surface area contributed by atoms with E-state index in [4.69, 9.17) is 4.74 Å². The van der Waals surface area contributed by atoms with Crippen molar-refractivity contribution in [1.82, 2.24) is 35.0 Å². The molecule has 11 nitrogen and oxygen atoms in total. The predicted octanol–water partition coefficient (Wildman–Crippen LogP) is 3.90. The standard InChI is InChI=1S/C28H24FN7O4/c1-2-40-17-10-11-21(30-14-17)25-35-34-24(36(25)22-9-4-3-7-19(22)29)15-12-16(13-15)31-26(37)18-6-5-8-20-23(18)33-28(39)27(38)32-20/h3-11,14-16H,2,12-13H2,1H3,(H,31,37)(H,32,38)(H,33,39)/t15-,16-. The zero-order chi connectivity index (χ0) is 27.8. The molecule has 0 bridgehead atoms. The number of aromatic hydroxyl groups is 2. The molecule has 40 heavy (non-hydrogen) atoms. The van der Waals surface area contributed by atoms with Crippen molar-refractivity contribution < 1.29 is 24.1 Å². The molecule has 0 spiro atoms. The van der Waals surface area contributed by atoms with Crippen LogP contribution in [0, 0.1) is 5.82 Å². The Labute approximate surface area is 227 Å². The molecule has 0 aliphatic heterocycles. The summed E-state index contributed by atoms with van der Waals surface area (Å²) in [5.74, 6) is -0.583. The molecule has 202 valence electrons. The predicted molar refractivity (Wildman–Crippen MR) is 142 cm³/mol. The first-order valence-corrected chi connectivity index (χ1v) is 12.7. The molecule has 0 unspecified atom stereocenters. The molecule has 3 N–H and O–H groups in total. The molecule has 0 radical (unpaired) electrons. The largest absolute Gasteiger partial charge is 0.492 e. The van der Waals surface area contributed by atoms with Gasteiger partial charge in [0.1, 0.15) is 28.6 Å². The van der Waals surface area contributed by atoms with Gasteiger partial charge in [-0.05, 0) is 56.2 Å². The summed E-state index contributed by atoms with van der Waals surface area (Å²) < 4.78 is 22.1. The minimum atomic E-state index is -0.651. The van der Waals surface area contributed by atoms with E-state index in [0.29, 0.717) is 48.2 Å². The van der Waals surface area contributed by atoms with Crippen molar-refractivity contribution in [3.05, 3.63) is 78.0 Å². The number of para-hydroxylation sites is 2. The SMILES string of the molecule is CCOc1ccc(-c2nnc([C@H]3C[C@H](NC(=O)c4cccc5nc(O)c(O)nc45)C3)n2-c2ccccc2F)nc1. The highest BCUT2D eigenvalue weighted by Crippen LogP contribution is 2.39. The van der Waals surface area contributed by atoms with Crippen LogP contribution in [0.25, 0.3) is 28.2 Å². The molecule has 5 aromatic rings. The molecule has 12 heteroatoms. The van der Waals surface area contributed by atoms with Gasteiger partial charge in [0, 0.05) is 12.0 Å². The second-order valence-electron chi connectivity index (χ2n) is 9.36. The van der Waals surface area contributed by atoms with Gasteiger partial charge in [-0.2, -0.15) is 0 Å². The highest BCUT2D eigenvalue weighted by molar-refractivity contribution is 6.05. The Morgan fingerprint density at radius 1 is 1.05 bits per heavy atom. The zero-order valence-electron chi connectivity index (χ0n) is 21.3. The number of carbonyl (C=O) groups excluding carboxylic acids is 1. The fraction of sp³-hybridized carbons (Fsp3) is 0.214. The number of fused-ring (bicyclic) bond motifs is 1. The number of carbonyl (C=O) groups is 1. The molecule has 0 atom stereocenters. The molecule has 2 aromatic carbocycles. The number of nitrogens with one attached hydrogen (secondary N) is 1. The van der Waals surface area contributed by atoms with Crippen LogP contribution < -0.4 is 10.1 Å². The number of amides is 1. The van der Waals surface area contributed by atoms with E-state index in [1.54, 1.807) is 59.3 Å². The van der Waals surface area contributed by atoms with Gasteiger partial charge >= 0.3 is 0 Å². The summed E-state index contributed by atoms with van der Waals surface area (Å²) in [6.07, 6.45) is 2.70. The van der Waals surface area contributed by atoms with E-state index in [0.717, 1.165) is 0 Å². The number of aromatic nitrogens is 6. The maximum Gasteiger partial charge on any atom is 0.276 e. The van der Waals surface area contributed by atoms with Gasteiger partial charge in [0.05, 0.1) is 29.6 Å². The van der Waals surface area contributed by atoms with Gasteiger partial charge in [-0.15, -0.1) is 10.2 Å². The Balaban J connectivity index is 1.25. The maximum atomic E-state index is 15.0. The van der Waals surface area contributed by atoms with Gasteiger partial charge < -0.3 is 20.3 Å². The van der Waals surface area contributed by atoms with Gasteiger partial charge in [-0.1, -0.05) is 18.2 Å². The molecule has 1 amide bonds. The zero-order valence-corrected chi connectivity index (χ0v) is 21.3. The average molecular weight is 542 g/mol. The van der Waals surface area contributed by atoms with Gasteiger partial charge in [-0.3, -0.25) is 9.36 Å². The van der Waals surface area contributed by atoms with E-state index < -0.39 is 17.6 Å². The van der Waals surface area contributed by atoms with Crippen LogP contribution in [0.4, 0.5) is 4.39 Å². The first kappa shape index (κ1) is 25.2. The van der Waals surface area contributed by atoms with Gasteiger partial charge in [0.25, 0.3) is 17.7 Å². The molecular weight excluding hydrogens is 517 g/mol. The lowest BCUT2D eigenvalue weighted by molar-refractivity contribution is 0.0908. The third-order valence-electron chi connectivity index (χ3n) is 6.80. The van der Waals surface area contributed by atoms with Crippen molar-refractivity contribution >= 4 is 16.9 Å². The molecule has 0 saturated heterocycles. The van der Waals surface area contributed by atoms with Crippen LogP contribution in [0.1, 0.15) is 41.9 Å². The first-order chi connectivity index (χ1) is 19.4. The Morgan fingerprint density at radius 3 is 2.60 bits per heavy atom. The van der Waals surface area contributed by atoms with Crippen LogP contribution in [-0.4, -0.2) is 58.5 Å². The summed E-state index contributed by atoms with van der Waals surface area (Å²) in [4.78, 5) is 25.3. The molecule has 3 aromatic heterocycles. The summed E-state index contributed by atoms with van der Waals surface area (Å²) in [6.45, 7) is 2.39. The fourth-order valence-corrected chi connectivity index (χ4v) is 4.81. The van der Waals surface area contributed by atoms with Crippen LogP contribution in [0.2, 0.25) is 0 Å². The van der Waals surface area contributed by atoms with Gasteiger partial charge in [-0.25, -0.2) is 19.3 Å². The van der Waals surface area contributed by atoms with Crippen molar-refractivity contribution in [3.63, 3.8) is 0 Å². The van der Waals surface area contributed by atoms with Crippen molar-refractivity contribution in [1.29, 1.82) is 0 Å². The number of ether oxygens (including phenoxy) is 1. The highest BCUT2D eigenvalue weighted by Gasteiger charge is 2.37. The summed E-state index contributed by atoms with van der Waals surface area (Å²) in [5, 5.41) is 31.2. The lowest BCUT2D eigenvalue weighted by atomic mass is 9.79. The first-order valence-electron chi connectivity index (χ1n) is 12.7. The van der Waals surface area contributed by atoms with E-state index in [9.17, 15) is 19.4 Å². The van der Waals surface area contributed by atoms with Crippen molar-refractivity contribution in [2.45, 2.75) is 31.7 Å². The van der Waals surface area contributed by atoms with E-state index >= 15 is 0 Å². The monoisotopic (exact) mass is 541 g/mol. The van der Waals surface area contributed by atoms with Crippen LogP contribution >= 0.6 is 0 Å². The fourth-order valence-electron chi connectivity index (χ4n) is 4.81. The topological polar surface area (TPSA) is 148 Å². The number of nitrogens with zero attached hydrogens (tertiary/aromatic N) is 6. The van der Waals surface area contributed by atoms with Crippen molar-refractivity contribution in [2.24, 2.45) is 0 Å². The molecule has 1 fully saturated rings. The molecule has 1 saturated carbocycles. The number of benzene rings is 2. The quantitative estimate of drug-likeness (QED) is 0.279. The van der Waals surface area contributed by atoms with Crippen LogP contribution in [0.15, 0.2) is 60.8 Å². The second kappa shape index (κ2) is 10.2. The Morgan fingerprint density at radius 2 is 1.85 bits per heavy atom. The molecular formula is C28H24FN7O4. The summed E-state index contributed by atoms with van der Waals surface area (Å²) in [5.41, 5.74) is 1.50. The molecule has 3 heterocycles. The third-order valence-corrected chi connectivity index (χ3v) is 6.80. The van der Waals surface area contributed by atoms with Gasteiger partial charge in [0.2, 0.25) is 0 Å². The van der Waals surface area contributed by atoms with Gasteiger partial charge in [0.15, 0.2) is 5.82 Å². The van der Waals surface area contributed by atoms with Crippen LogP contribution in [0.5, 0.6) is 17.5 Å². The maximum absolute atomic E-state index is 15.0. The summed E-state index contributed by atoms with van der Waals surface area (Å²) in [6, 6.07) is 14.5. The second-order valence-corrected chi connectivity index (χ2v) is 9.36.